The Balaban J connectivity index is 1.60. The van der Waals surface area contributed by atoms with Gasteiger partial charge >= 0.3 is 5.97 Å². The lowest BCUT2D eigenvalue weighted by molar-refractivity contribution is -0.143. The van der Waals surface area contributed by atoms with Crippen LogP contribution in [0.25, 0.3) is 0 Å². The highest BCUT2D eigenvalue weighted by Crippen LogP contribution is 2.35. The maximum Gasteiger partial charge on any atom is 0.325 e. The zero-order valence-electron chi connectivity index (χ0n) is 16.4. The highest BCUT2D eigenvalue weighted by Gasteiger charge is 2.33. The second kappa shape index (κ2) is 8.39. The van der Waals surface area contributed by atoms with Crippen LogP contribution in [-0.2, 0) is 16.0 Å². The van der Waals surface area contributed by atoms with Gasteiger partial charge in [-0.1, -0.05) is 23.7 Å². The number of hydrogen-bond acceptors (Lipinski definition) is 7. The van der Waals surface area contributed by atoms with Crippen molar-refractivity contribution in [3.05, 3.63) is 51.9 Å². The molecule has 0 aliphatic carbocycles. The summed E-state index contributed by atoms with van der Waals surface area (Å²) < 4.78 is 10.5. The molecule has 8 nitrogen and oxygen atoms in total. The second-order valence-corrected chi connectivity index (χ2v) is 7.45. The van der Waals surface area contributed by atoms with E-state index >= 15 is 0 Å². The van der Waals surface area contributed by atoms with Crippen molar-refractivity contribution in [2.75, 3.05) is 26.3 Å². The highest BCUT2D eigenvalue weighted by atomic mass is 35.5. The van der Waals surface area contributed by atoms with E-state index in [4.69, 9.17) is 21.1 Å². The minimum atomic E-state index is -0.465. The molecule has 1 aromatic heterocycles. The fourth-order valence-corrected chi connectivity index (χ4v) is 4.07. The van der Waals surface area contributed by atoms with E-state index < -0.39 is 11.9 Å². The number of ketones is 1. The summed E-state index contributed by atoms with van der Waals surface area (Å²) in [5.74, 6) is -1.10. The Kier molecular flexibility index (Phi) is 5.67. The highest BCUT2D eigenvalue weighted by molar-refractivity contribution is 6.33. The van der Waals surface area contributed by atoms with Crippen molar-refractivity contribution in [1.82, 2.24) is 14.9 Å². The quantitative estimate of drug-likeness (QED) is 0.543. The van der Waals surface area contributed by atoms with Gasteiger partial charge in [-0.05, 0) is 37.0 Å². The Morgan fingerprint density at radius 1 is 1.33 bits per heavy atom. The third kappa shape index (κ3) is 3.75. The summed E-state index contributed by atoms with van der Waals surface area (Å²) in [5.41, 5.74) is 2.37. The van der Waals surface area contributed by atoms with Crippen molar-refractivity contribution in [1.29, 1.82) is 0 Å². The first-order valence-corrected chi connectivity index (χ1v) is 10.1. The van der Waals surface area contributed by atoms with E-state index in [2.05, 4.69) is 9.97 Å². The molecular weight excluding hydrogens is 410 g/mol. The van der Waals surface area contributed by atoms with Crippen LogP contribution < -0.4 is 4.74 Å². The van der Waals surface area contributed by atoms with Crippen LogP contribution in [0.2, 0.25) is 5.15 Å². The maximum atomic E-state index is 13.2. The fraction of sp³-hybridized carbons (Fsp3) is 0.381. The van der Waals surface area contributed by atoms with Crippen LogP contribution in [0.4, 0.5) is 0 Å². The van der Waals surface area contributed by atoms with Gasteiger partial charge in [0.1, 0.15) is 23.6 Å². The number of Topliss-reactive ketones (excluding diaryl/α,β-unsaturated/α-hetero) is 1. The lowest BCUT2D eigenvalue weighted by atomic mass is 9.86. The summed E-state index contributed by atoms with van der Waals surface area (Å²) >= 11 is 6.14. The fourth-order valence-electron chi connectivity index (χ4n) is 3.85. The number of rotatable bonds is 4. The average molecular weight is 430 g/mol. The zero-order valence-corrected chi connectivity index (χ0v) is 17.1. The number of carbonyl (C=O) groups is 3. The number of ether oxygens (including phenoxy) is 2. The van der Waals surface area contributed by atoms with Crippen LogP contribution in [0.15, 0.2) is 24.5 Å². The standard InChI is InChI=1S/C21H20ClN3O5/c1-2-29-16(26)10-25-7-5-13-9-12(3-4-15(13)21(25)28)14-6-8-30-20-17(18(14)27)19(22)23-11-24-20/h3-4,9,11,14H,2,5-8,10H2,1H3. The maximum absolute atomic E-state index is 13.2. The number of carbonyl (C=O) groups excluding carboxylic acids is 3. The van der Waals surface area contributed by atoms with Gasteiger partial charge in [-0.2, -0.15) is 0 Å². The van der Waals surface area contributed by atoms with E-state index in [1.807, 2.05) is 6.07 Å². The first kappa shape index (κ1) is 20.3. The third-order valence-corrected chi connectivity index (χ3v) is 5.59. The lowest BCUT2D eigenvalue weighted by Gasteiger charge is -2.28. The Bertz CT molecular complexity index is 1030. The molecule has 1 atom stereocenters. The molecule has 30 heavy (non-hydrogen) atoms. The van der Waals surface area contributed by atoms with E-state index in [1.54, 1.807) is 19.1 Å². The number of hydrogen-bond donors (Lipinski definition) is 0. The number of amides is 1. The van der Waals surface area contributed by atoms with Crippen LogP contribution in [0, 0.1) is 0 Å². The summed E-state index contributed by atoms with van der Waals surface area (Å²) in [4.78, 5) is 47.1. The number of esters is 1. The Hall–Kier alpha value is -3.00. The average Bonchev–Trinajstić information content (AvgIpc) is 2.90. The van der Waals surface area contributed by atoms with Crippen LogP contribution in [0.3, 0.4) is 0 Å². The molecular formula is C21H20ClN3O5. The van der Waals surface area contributed by atoms with E-state index in [0.29, 0.717) is 31.6 Å². The second-order valence-electron chi connectivity index (χ2n) is 7.10. The van der Waals surface area contributed by atoms with Gasteiger partial charge in [0.2, 0.25) is 5.88 Å². The van der Waals surface area contributed by atoms with Crippen LogP contribution >= 0.6 is 11.6 Å². The molecule has 4 rings (SSSR count). The molecule has 0 saturated heterocycles. The Morgan fingerprint density at radius 2 is 2.17 bits per heavy atom. The van der Waals surface area contributed by atoms with Crippen LogP contribution in [0.1, 0.15) is 51.1 Å². The number of halogens is 1. The van der Waals surface area contributed by atoms with Crippen molar-refractivity contribution in [2.45, 2.75) is 25.7 Å². The molecule has 2 aromatic rings. The predicted molar refractivity (Wildman–Crippen MR) is 107 cm³/mol. The molecule has 0 radical (unpaired) electrons. The van der Waals surface area contributed by atoms with Crippen molar-refractivity contribution >= 4 is 29.3 Å². The Labute approximate surface area is 178 Å². The lowest BCUT2D eigenvalue weighted by Crippen LogP contribution is -2.41. The predicted octanol–water partition coefficient (Wildman–Crippen LogP) is 2.44. The van der Waals surface area contributed by atoms with Gasteiger partial charge in [0.15, 0.2) is 5.78 Å². The molecule has 2 aliphatic rings. The van der Waals surface area contributed by atoms with Crippen molar-refractivity contribution in [3.8, 4) is 5.88 Å². The minimum absolute atomic E-state index is 0.0679. The first-order chi connectivity index (χ1) is 14.5. The summed E-state index contributed by atoms with van der Waals surface area (Å²) in [6, 6.07) is 5.38. The summed E-state index contributed by atoms with van der Waals surface area (Å²) in [7, 11) is 0. The molecule has 1 unspecified atom stereocenters. The van der Waals surface area contributed by atoms with Crippen molar-refractivity contribution in [2.24, 2.45) is 0 Å². The summed E-state index contributed by atoms with van der Waals surface area (Å²) in [6.45, 7) is 2.67. The number of aromatic nitrogens is 2. The summed E-state index contributed by atoms with van der Waals surface area (Å²) in [6.07, 6.45) is 2.32. The van der Waals surface area contributed by atoms with E-state index in [-0.39, 0.29) is 41.4 Å². The van der Waals surface area contributed by atoms with Gasteiger partial charge in [0.05, 0.1) is 19.1 Å². The molecule has 1 aromatic carbocycles. The monoisotopic (exact) mass is 429 g/mol. The van der Waals surface area contributed by atoms with Gasteiger partial charge in [-0.15, -0.1) is 0 Å². The van der Waals surface area contributed by atoms with Crippen molar-refractivity contribution < 1.29 is 23.9 Å². The van der Waals surface area contributed by atoms with Crippen molar-refractivity contribution in [3.63, 3.8) is 0 Å². The van der Waals surface area contributed by atoms with Gasteiger partial charge in [0.25, 0.3) is 5.91 Å². The van der Waals surface area contributed by atoms with E-state index in [1.165, 1.54) is 11.2 Å². The molecule has 0 saturated carbocycles. The number of fused-ring (bicyclic) bond motifs is 2. The Morgan fingerprint density at radius 3 is 2.97 bits per heavy atom. The normalized spacial score (nSPS) is 18.2. The van der Waals surface area contributed by atoms with Gasteiger partial charge in [-0.25, -0.2) is 9.97 Å². The molecule has 0 N–H and O–H groups in total. The van der Waals surface area contributed by atoms with Crippen LogP contribution in [0.5, 0.6) is 5.88 Å². The molecule has 2 aliphatic heterocycles. The molecule has 0 fully saturated rings. The molecule has 9 heteroatoms. The SMILES string of the molecule is CCOC(=O)CN1CCc2cc(C3CCOc4ncnc(Cl)c4C3=O)ccc2C1=O. The smallest absolute Gasteiger partial charge is 0.325 e. The van der Waals surface area contributed by atoms with Gasteiger partial charge < -0.3 is 14.4 Å². The molecule has 0 bridgehead atoms. The van der Waals surface area contributed by atoms with Gasteiger partial charge in [-0.3, -0.25) is 14.4 Å². The van der Waals surface area contributed by atoms with Gasteiger partial charge in [0, 0.05) is 12.1 Å². The number of benzene rings is 1. The van der Waals surface area contributed by atoms with E-state index in [9.17, 15) is 14.4 Å². The number of nitrogens with zero attached hydrogens (tertiary/aromatic N) is 3. The molecule has 0 spiro atoms. The zero-order chi connectivity index (χ0) is 21.3. The van der Waals surface area contributed by atoms with Crippen LogP contribution in [-0.4, -0.2) is 58.8 Å². The molecule has 1 amide bonds. The largest absolute Gasteiger partial charge is 0.477 e. The summed E-state index contributed by atoms with van der Waals surface area (Å²) in [5, 5.41) is 0.0691. The molecule has 3 heterocycles. The first-order valence-electron chi connectivity index (χ1n) is 9.74. The van der Waals surface area contributed by atoms with E-state index in [0.717, 1.165) is 11.1 Å². The molecule has 156 valence electrons. The minimum Gasteiger partial charge on any atom is -0.477 e. The topological polar surface area (TPSA) is 98.7 Å². The third-order valence-electron chi connectivity index (χ3n) is 5.30.